The van der Waals surface area contributed by atoms with Crippen LogP contribution in [0.4, 0.5) is 0 Å². The van der Waals surface area contributed by atoms with Crippen LogP contribution in [0.1, 0.15) is 27.5 Å². The first-order valence-electron chi connectivity index (χ1n) is 11.1. The lowest BCUT2D eigenvalue weighted by Gasteiger charge is -2.36. The number of carbonyl (C=O) groups excluding carboxylic acids is 1. The van der Waals surface area contributed by atoms with Crippen molar-refractivity contribution in [3.8, 4) is 5.75 Å². The minimum absolute atomic E-state index is 0.0559. The largest absolute Gasteiger partial charge is 0.489 e. The molecule has 0 aliphatic carbocycles. The molecular formula is C26H27N3O4S. The maximum Gasteiger partial charge on any atom is 0.339 e. The summed E-state index contributed by atoms with van der Waals surface area (Å²) in [7, 11) is 1.33. The van der Waals surface area contributed by atoms with Crippen LogP contribution in [0.2, 0.25) is 0 Å². The molecule has 1 unspecified atom stereocenters. The van der Waals surface area contributed by atoms with Crippen LogP contribution in [-0.4, -0.2) is 60.5 Å². The van der Waals surface area contributed by atoms with Crippen molar-refractivity contribution in [1.82, 2.24) is 15.2 Å². The lowest BCUT2D eigenvalue weighted by Crippen LogP contribution is -2.51. The number of hydrogen-bond acceptors (Lipinski definition) is 6. The molecule has 0 saturated carbocycles. The van der Waals surface area contributed by atoms with E-state index in [4.69, 9.17) is 26.4 Å². The van der Waals surface area contributed by atoms with Gasteiger partial charge in [-0.2, -0.15) is 0 Å². The number of carbonyl (C=O) groups is 1. The van der Waals surface area contributed by atoms with Gasteiger partial charge in [-0.15, -0.1) is 0 Å². The van der Waals surface area contributed by atoms with Gasteiger partial charge >= 0.3 is 5.97 Å². The average Bonchev–Trinajstić information content (AvgIpc) is 2.91. The number of pyridine rings is 1. The van der Waals surface area contributed by atoms with Crippen LogP contribution >= 0.6 is 12.2 Å². The number of aromatic nitrogens is 1. The van der Waals surface area contributed by atoms with Crippen LogP contribution in [0.3, 0.4) is 0 Å². The molecule has 1 saturated heterocycles. The van der Waals surface area contributed by atoms with Gasteiger partial charge < -0.3 is 24.4 Å². The summed E-state index contributed by atoms with van der Waals surface area (Å²) < 4.78 is 16.5. The third-order valence-corrected chi connectivity index (χ3v) is 5.91. The number of benzene rings is 2. The van der Waals surface area contributed by atoms with Crippen LogP contribution in [0.25, 0.3) is 0 Å². The maximum absolute atomic E-state index is 11.7. The second-order valence-corrected chi connectivity index (χ2v) is 8.24. The van der Waals surface area contributed by atoms with Gasteiger partial charge in [0.1, 0.15) is 18.5 Å². The summed E-state index contributed by atoms with van der Waals surface area (Å²) >= 11 is 5.80. The van der Waals surface area contributed by atoms with Crippen molar-refractivity contribution >= 4 is 23.3 Å². The fourth-order valence-electron chi connectivity index (χ4n) is 3.79. The molecule has 1 N–H and O–H groups in total. The van der Waals surface area contributed by atoms with Crippen molar-refractivity contribution in [2.75, 3.05) is 33.4 Å². The highest BCUT2D eigenvalue weighted by molar-refractivity contribution is 7.80. The topological polar surface area (TPSA) is 72.9 Å². The average molecular weight is 478 g/mol. The molecule has 0 bridgehead atoms. The number of esters is 1. The molecule has 0 amide bonds. The minimum atomic E-state index is -0.458. The zero-order chi connectivity index (χ0) is 23.8. The fraction of sp³-hybridized carbons (Fsp3) is 0.269. The molecule has 0 spiro atoms. The van der Waals surface area contributed by atoms with Gasteiger partial charge in [0.05, 0.1) is 31.5 Å². The normalized spacial score (nSPS) is 15.6. The van der Waals surface area contributed by atoms with Crippen LogP contribution in [0.15, 0.2) is 79.1 Å². The van der Waals surface area contributed by atoms with E-state index in [0.717, 1.165) is 11.1 Å². The Hall–Kier alpha value is -3.49. The lowest BCUT2D eigenvalue weighted by atomic mass is 9.99. The first kappa shape index (κ1) is 23.7. The van der Waals surface area contributed by atoms with Crippen molar-refractivity contribution < 1.29 is 19.0 Å². The SMILES string of the molecule is COC(=O)c1cncc(OCC2CN(C(=S)NC(c3ccccc3)c3ccccc3)CCO2)c1. The van der Waals surface area contributed by atoms with E-state index in [0.29, 0.717) is 42.7 Å². The van der Waals surface area contributed by atoms with E-state index in [1.54, 1.807) is 12.3 Å². The molecule has 176 valence electrons. The summed E-state index contributed by atoms with van der Waals surface area (Å²) in [5.74, 6) is 0.0263. The van der Waals surface area contributed by atoms with Gasteiger partial charge in [-0.3, -0.25) is 4.98 Å². The Bertz CT molecular complexity index is 1060. The van der Waals surface area contributed by atoms with Gasteiger partial charge in [-0.25, -0.2) is 4.79 Å². The van der Waals surface area contributed by atoms with Crippen LogP contribution < -0.4 is 10.1 Å². The monoisotopic (exact) mass is 477 g/mol. The number of methoxy groups -OCH3 is 1. The zero-order valence-corrected chi connectivity index (χ0v) is 19.7. The molecule has 8 heteroatoms. The molecule has 3 aromatic rings. The molecule has 2 aromatic carbocycles. The summed E-state index contributed by atoms with van der Waals surface area (Å²) in [5.41, 5.74) is 2.62. The Morgan fingerprint density at radius 2 is 1.82 bits per heavy atom. The number of nitrogens with one attached hydrogen (secondary N) is 1. The van der Waals surface area contributed by atoms with Crippen molar-refractivity contribution in [3.05, 3.63) is 95.8 Å². The highest BCUT2D eigenvalue weighted by Crippen LogP contribution is 2.22. The van der Waals surface area contributed by atoms with Gasteiger partial charge in [0, 0.05) is 19.3 Å². The number of hydrogen-bond donors (Lipinski definition) is 1. The Kier molecular flexibility index (Phi) is 8.06. The number of ether oxygens (including phenoxy) is 3. The Balaban J connectivity index is 1.38. The van der Waals surface area contributed by atoms with Crippen molar-refractivity contribution in [2.45, 2.75) is 12.1 Å². The zero-order valence-electron chi connectivity index (χ0n) is 18.9. The van der Waals surface area contributed by atoms with E-state index in [2.05, 4.69) is 39.5 Å². The second-order valence-electron chi connectivity index (χ2n) is 7.85. The minimum Gasteiger partial charge on any atom is -0.489 e. The molecule has 1 aliphatic heterocycles. The summed E-state index contributed by atoms with van der Waals surface area (Å²) in [6.45, 7) is 2.13. The van der Waals surface area contributed by atoms with Crippen molar-refractivity contribution in [3.63, 3.8) is 0 Å². The molecule has 2 heterocycles. The Labute approximate surface area is 204 Å². The molecule has 34 heavy (non-hydrogen) atoms. The molecule has 1 aliphatic rings. The standard InChI is InChI=1S/C26H27N3O4S/c1-31-25(30)21-14-22(16-27-15-21)33-18-23-17-29(12-13-32-23)26(34)28-24(19-8-4-2-5-9-19)20-10-6-3-7-11-20/h2-11,14-16,23-24H,12-13,17-18H2,1H3,(H,28,34). The predicted octanol–water partition coefficient (Wildman–Crippen LogP) is 3.61. The van der Waals surface area contributed by atoms with Crippen LogP contribution in [0.5, 0.6) is 5.75 Å². The summed E-state index contributed by atoms with van der Waals surface area (Å²) in [6.07, 6.45) is 2.82. The number of thiocarbonyl (C=S) groups is 1. The first-order chi connectivity index (χ1) is 16.6. The molecule has 1 atom stereocenters. The smallest absolute Gasteiger partial charge is 0.339 e. The van der Waals surface area contributed by atoms with Gasteiger partial charge in [-0.1, -0.05) is 60.7 Å². The van der Waals surface area contributed by atoms with Gasteiger partial charge in [-0.05, 0) is 29.4 Å². The molecule has 1 aromatic heterocycles. The third-order valence-electron chi connectivity index (χ3n) is 5.53. The quantitative estimate of drug-likeness (QED) is 0.409. The van der Waals surface area contributed by atoms with Gasteiger partial charge in [0.15, 0.2) is 5.11 Å². The van der Waals surface area contributed by atoms with E-state index < -0.39 is 5.97 Å². The van der Waals surface area contributed by atoms with Crippen LogP contribution in [0, 0.1) is 0 Å². The highest BCUT2D eigenvalue weighted by Gasteiger charge is 2.25. The molecular weight excluding hydrogens is 450 g/mol. The van der Waals surface area contributed by atoms with Crippen molar-refractivity contribution in [1.29, 1.82) is 0 Å². The second kappa shape index (κ2) is 11.6. The number of nitrogens with zero attached hydrogens (tertiary/aromatic N) is 2. The lowest BCUT2D eigenvalue weighted by molar-refractivity contribution is -0.0289. The van der Waals surface area contributed by atoms with Crippen LogP contribution in [-0.2, 0) is 9.47 Å². The summed E-state index contributed by atoms with van der Waals surface area (Å²) in [6, 6.07) is 22.1. The molecule has 7 nitrogen and oxygen atoms in total. The Morgan fingerprint density at radius 3 is 2.47 bits per heavy atom. The highest BCUT2D eigenvalue weighted by atomic mass is 32.1. The maximum atomic E-state index is 11.7. The molecule has 1 fully saturated rings. The van der Waals surface area contributed by atoms with Gasteiger partial charge in [0.2, 0.25) is 0 Å². The van der Waals surface area contributed by atoms with E-state index in [-0.39, 0.29) is 12.1 Å². The summed E-state index contributed by atoms with van der Waals surface area (Å²) in [5, 5.41) is 4.21. The van der Waals surface area contributed by atoms with E-state index in [9.17, 15) is 4.79 Å². The number of morpholine rings is 1. The van der Waals surface area contributed by atoms with E-state index in [1.807, 2.05) is 36.4 Å². The fourth-order valence-corrected chi connectivity index (χ4v) is 4.07. The van der Waals surface area contributed by atoms with E-state index >= 15 is 0 Å². The molecule has 4 rings (SSSR count). The Morgan fingerprint density at radius 1 is 1.15 bits per heavy atom. The van der Waals surface area contributed by atoms with E-state index in [1.165, 1.54) is 13.3 Å². The number of rotatable bonds is 7. The third kappa shape index (κ3) is 6.09. The predicted molar refractivity (Wildman–Crippen MR) is 133 cm³/mol. The van der Waals surface area contributed by atoms with Crippen molar-refractivity contribution in [2.24, 2.45) is 0 Å². The molecule has 0 radical (unpaired) electrons. The van der Waals surface area contributed by atoms with Gasteiger partial charge in [0.25, 0.3) is 0 Å². The summed E-state index contributed by atoms with van der Waals surface area (Å²) in [4.78, 5) is 17.9. The first-order valence-corrected chi connectivity index (χ1v) is 11.5.